The highest BCUT2D eigenvalue weighted by Crippen LogP contribution is 2.19. The summed E-state index contributed by atoms with van der Waals surface area (Å²) in [5.74, 6) is 5.42. The molecule has 27 heavy (non-hydrogen) atoms. The van der Waals surface area contributed by atoms with Gasteiger partial charge >= 0.3 is 5.97 Å². The maximum atomic E-state index is 11.1. The van der Waals surface area contributed by atoms with Crippen molar-refractivity contribution in [2.24, 2.45) is 16.1 Å². The number of rotatable bonds is 5. The van der Waals surface area contributed by atoms with Crippen LogP contribution in [0.2, 0.25) is 0 Å². The van der Waals surface area contributed by atoms with E-state index in [1.807, 2.05) is 54.6 Å². The molecular weight excluding hydrogens is 338 g/mol. The Balaban J connectivity index is 1.53. The van der Waals surface area contributed by atoms with Crippen LogP contribution >= 0.6 is 0 Å². The molecule has 1 aliphatic heterocycles. The summed E-state index contributed by atoms with van der Waals surface area (Å²) in [6, 6.07) is 17.3. The zero-order chi connectivity index (χ0) is 18.9. The third-order valence-corrected chi connectivity index (χ3v) is 4.52. The fourth-order valence-corrected chi connectivity index (χ4v) is 3.09. The van der Waals surface area contributed by atoms with E-state index < -0.39 is 5.97 Å². The molecule has 1 atom stereocenters. The van der Waals surface area contributed by atoms with Gasteiger partial charge in [-0.15, -0.1) is 0 Å². The van der Waals surface area contributed by atoms with Crippen LogP contribution in [0.5, 0.6) is 0 Å². The molecule has 5 heteroatoms. The van der Waals surface area contributed by atoms with E-state index in [0.29, 0.717) is 6.54 Å². The zero-order valence-corrected chi connectivity index (χ0v) is 15.2. The molecule has 2 aromatic rings. The van der Waals surface area contributed by atoms with Crippen LogP contribution in [0.3, 0.4) is 0 Å². The van der Waals surface area contributed by atoms with Crippen molar-refractivity contribution < 1.29 is 9.90 Å². The van der Waals surface area contributed by atoms with Crippen LogP contribution in [0, 0.1) is 17.8 Å². The van der Waals surface area contributed by atoms with Gasteiger partial charge in [-0.3, -0.25) is 4.79 Å². The third-order valence-electron chi connectivity index (χ3n) is 4.52. The smallest absolute Gasteiger partial charge is 0.307 e. The molecule has 1 N–H and O–H groups in total. The second kappa shape index (κ2) is 9.65. The molecule has 0 saturated carbocycles. The van der Waals surface area contributed by atoms with E-state index in [0.717, 1.165) is 49.3 Å². The quantitative estimate of drug-likeness (QED) is 0.623. The summed E-state index contributed by atoms with van der Waals surface area (Å²) in [7, 11) is 0. The summed E-state index contributed by atoms with van der Waals surface area (Å²) in [4.78, 5) is 13.3. The molecule has 0 bridgehead atoms. The lowest BCUT2D eigenvalue weighted by atomic mass is 9.98. The van der Waals surface area contributed by atoms with Crippen molar-refractivity contribution in [3.63, 3.8) is 0 Å². The van der Waals surface area contributed by atoms with E-state index in [1.54, 1.807) is 0 Å². The number of hydrogen-bond donors (Lipinski definition) is 1. The predicted molar refractivity (Wildman–Crippen MR) is 105 cm³/mol. The van der Waals surface area contributed by atoms with Gasteiger partial charge in [0.1, 0.15) is 0 Å². The van der Waals surface area contributed by atoms with Crippen molar-refractivity contribution in [1.29, 1.82) is 0 Å². The highest BCUT2D eigenvalue weighted by atomic mass is 16.4. The van der Waals surface area contributed by atoms with Crippen LogP contribution in [0.15, 0.2) is 64.8 Å². The SMILES string of the molecule is O=C(O)C1CCCN(CCC#Cc2cccc(N=Nc3ccccc3)c2)C1. The Labute approximate surface area is 159 Å². The number of piperidine rings is 1. The van der Waals surface area contributed by atoms with Crippen molar-refractivity contribution in [1.82, 2.24) is 4.90 Å². The number of carbonyl (C=O) groups is 1. The highest BCUT2D eigenvalue weighted by Gasteiger charge is 2.24. The molecule has 138 valence electrons. The Bertz CT molecular complexity index is 853. The number of likely N-dealkylation sites (tertiary alicyclic amines) is 1. The molecule has 0 spiro atoms. The maximum absolute atomic E-state index is 11.1. The van der Waals surface area contributed by atoms with Crippen LogP contribution in [-0.2, 0) is 4.79 Å². The molecule has 1 saturated heterocycles. The van der Waals surface area contributed by atoms with Crippen molar-refractivity contribution >= 4 is 17.3 Å². The van der Waals surface area contributed by atoms with Crippen LogP contribution in [0.25, 0.3) is 0 Å². The first-order valence-electron chi connectivity index (χ1n) is 9.21. The number of azo groups is 1. The molecular formula is C22H23N3O2. The van der Waals surface area contributed by atoms with E-state index in [2.05, 4.69) is 27.0 Å². The molecule has 5 nitrogen and oxygen atoms in total. The first-order chi connectivity index (χ1) is 13.2. The van der Waals surface area contributed by atoms with Crippen molar-refractivity contribution in [2.45, 2.75) is 19.3 Å². The summed E-state index contributed by atoms with van der Waals surface area (Å²) in [5.41, 5.74) is 2.49. The molecule has 0 aliphatic carbocycles. The van der Waals surface area contributed by atoms with E-state index in [4.69, 9.17) is 5.11 Å². The van der Waals surface area contributed by atoms with Crippen LogP contribution in [0.4, 0.5) is 11.4 Å². The summed E-state index contributed by atoms with van der Waals surface area (Å²) in [6.45, 7) is 2.40. The molecule has 2 aromatic carbocycles. The first kappa shape index (κ1) is 18.8. The molecule has 1 unspecified atom stereocenters. The average molecular weight is 361 g/mol. The number of nitrogens with zero attached hydrogens (tertiary/aromatic N) is 3. The number of benzene rings is 2. The lowest BCUT2D eigenvalue weighted by Gasteiger charge is -2.29. The largest absolute Gasteiger partial charge is 0.481 e. The van der Waals surface area contributed by atoms with Crippen molar-refractivity contribution in [2.75, 3.05) is 19.6 Å². The zero-order valence-electron chi connectivity index (χ0n) is 15.2. The van der Waals surface area contributed by atoms with Gasteiger partial charge in [-0.05, 0) is 49.7 Å². The van der Waals surface area contributed by atoms with Gasteiger partial charge in [0.2, 0.25) is 0 Å². The molecule has 0 aromatic heterocycles. The fourth-order valence-electron chi connectivity index (χ4n) is 3.09. The molecule has 1 aliphatic rings. The van der Waals surface area contributed by atoms with Crippen LogP contribution < -0.4 is 0 Å². The fraction of sp³-hybridized carbons (Fsp3) is 0.318. The van der Waals surface area contributed by atoms with Gasteiger partial charge in [0.05, 0.1) is 17.3 Å². The summed E-state index contributed by atoms with van der Waals surface area (Å²) >= 11 is 0. The van der Waals surface area contributed by atoms with Crippen molar-refractivity contribution in [3.8, 4) is 11.8 Å². The van der Waals surface area contributed by atoms with Gasteiger partial charge in [0.15, 0.2) is 0 Å². The molecule has 1 fully saturated rings. The Morgan fingerprint density at radius 2 is 1.89 bits per heavy atom. The van der Waals surface area contributed by atoms with E-state index >= 15 is 0 Å². The Kier molecular flexibility index (Phi) is 6.72. The monoisotopic (exact) mass is 361 g/mol. The van der Waals surface area contributed by atoms with E-state index in [1.165, 1.54) is 0 Å². The van der Waals surface area contributed by atoms with E-state index in [-0.39, 0.29) is 5.92 Å². The molecule has 1 heterocycles. The summed E-state index contributed by atoms with van der Waals surface area (Å²) in [5, 5.41) is 17.6. The first-order valence-corrected chi connectivity index (χ1v) is 9.21. The highest BCUT2D eigenvalue weighted by molar-refractivity contribution is 5.70. The maximum Gasteiger partial charge on any atom is 0.307 e. The lowest BCUT2D eigenvalue weighted by molar-refractivity contribution is -0.143. The van der Waals surface area contributed by atoms with Crippen LogP contribution in [0.1, 0.15) is 24.8 Å². The average Bonchev–Trinajstić information content (AvgIpc) is 2.71. The topological polar surface area (TPSA) is 65.3 Å². The number of aliphatic carboxylic acids is 1. The molecule has 0 amide bonds. The number of carboxylic acids is 1. The molecule has 3 rings (SSSR count). The third kappa shape index (κ3) is 6.05. The standard InChI is InChI=1S/C22H23N3O2/c26-22(27)19-10-7-15-25(17-19)14-5-4-8-18-9-6-13-21(16-18)24-23-20-11-2-1-3-12-20/h1-3,6,9,11-13,16,19H,5,7,10,14-15,17H2,(H,26,27). The summed E-state index contributed by atoms with van der Waals surface area (Å²) in [6.07, 6.45) is 2.45. The number of hydrogen-bond acceptors (Lipinski definition) is 4. The van der Waals surface area contributed by atoms with Gasteiger partial charge in [0.25, 0.3) is 0 Å². The second-order valence-electron chi connectivity index (χ2n) is 6.62. The van der Waals surface area contributed by atoms with Crippen molar-refractivity contribution in [3.05, 3.63) is 60.2 Å². The minimum absolute atomic E-state index is 0.238. The summed E-state index contributed by atoms with van der Waals surface area (Å²) < 4.78 is 0. The number of carboxylic acid groups (broad SMARTS) is 1. The minimum atomic E-state index is -0.688. The lowest BCUT2D eigenvalue weighted by Crippen LogP contribution is -2.39. The second-order valence-corrected chi connectivity index (χ2v) is 6.62. The van der Waals surface area contributed by atoms with E-state index in [9.17, 15) is 4.79 Å². The minimum Gasteiger partial charge on any atom is -0.481 e. The van der Waals surface area contributed by atoms with Gasteiger partial charge in [0, 0.05) is 25.1 Å². The Hall–Kier alpha value is -2.97. The Morgan fingerprint density at radius 1 is 1.11 bits per heavy atom. The van der Waals surface area contributed by atoms with Gasteiger partial charge in [-0.1, -0.05) is 36.1 Å². The predicted octanol–water partition coefficient (Wildman–Crippen LogP) is 4.64. The Morgan fingerprint density at radius 3 is 2.70 bits per heavy atom. The van der Waals surface area contributed by atoms with Gasteiger partial charge in [-0.2, -0.15) is 10.2 Å². The van der Waals surface area contributed by atoms with Gasteiger partial charge < -0.3 is 10.0 Å². The molecule has 0 radical (unpaired) electrons. The van der Waals surface area contributed by atoms with Crippen LogP contribution in [-0.4, -0.2) is 35.6 Å². The van der Waals surface area contributed by atoms with Gasteiger partial charge in [-0.25, -0.2) is 0 Å². The normalized spacial score (nSPS) is 17.4.